The molecule has 0 aromatic carbocycles. The first-order valence-corrected chi connectivity index (χ1v) is 13.2. The van der Waals surface area contributed by atoms with Gasteiger partial charge in [-0.05, 0) is 39.0 Å². The average molecular weight is 514 g/mol. The fourth-order valence-electron chi connectivity index (χ4n) is 3.78. The molecule has 9 nitrogen and oxygen atoms in total. The maximum atomic E-state index is 12.5. The lowest BCUT2D eigenvalue weighted by Crippen LogP contribution is -2.60. The molecule has 7 atom stereocenters. The molecule has 0 radical (unpaired) electrons. The molecule has 1 rings (SSSR count). The van der Waals surface area contributed by atoms with Crippen LogP contribution in [0.1, 0.15) is 71.6 Å². The van der Waals surface area contributed by atoms with Gasteiger partial charge in [0.05, 0.1) is 25.4 Å². The van der Waals surface area contributed by atoms with Gasteiger partial charge in [-0.1, -0.05) is 62.6 Å². The highest BCUT2D eigenvalue weighted by Crippen LogP contribution is 2.22. The Bertz CT molecular complexity index is 666. The fourth-order valence-corrected chi connectivity index (χ4v) is 3.78. The van der Waals surface area contributed by atoms with E-state index in [1.165, 1.54) is 0 Å². The zero-order chi connectivity index (χ0) is 26.8. The third-order valence-electron chi connectivity index (χ3n) is 6.04. The molecule has 36 heavy (non-hydrogen) atoms. The second-order valence-electron chi connectivity index (χ2n) is 9.13. The number of nitrogens with one attached hydrogen (secondary N) is 1. The van der Waals surface area contributed by atoms with Crippen LogP contribution in [0.3, 0.4) is 0 Å². The van der Waals surface area contributed by atoms with Gasteiger partial charge in [0.2, 0.25) is 5.91 Å². The Morgan fingerprint density at radius 2 is 1.64 bits per heavy atom. The number of rotatable bonds is 18. The summed E-state index contributed by atoms with van der Waals surface area (Å²) in [6, 6.07) is -0.816. The predicted octanol–water partition coefficient (Wildman–Crippen LogP) is 1.87. The Balaban J connectivity index is 2.68. The number of carbonyl (C=O) groups excluding carboxylic acids is 1. The summed E-state index contributed by atoms with van der Waals surface area (Å²) in [5, 5.41) is 53.0. The zero-order valence-corrected chi connectivity index (χ0v) is 21.7. The van der Waals surface area contributed by atoms with Crippen LogP contribution in [0.4, 0.5) is 0 Å². The van der Waals surface area contributed by atoms with E-state index in [0.717, 1.165) is 51.4 Å². The molecule has 1 heterocycles. The summed E-state index contributed by atoms with van der Waals surface area (Å²) in [5.74, 6) is -0.218. The van der Waals surface area contributed by atoms with Gasteiger partial charge in [-0.25, -0.2) is 0 Å². The average Bonchev–Trinajstić information content (AvgIpc) is 2.87. The Kier molecular flexibility index (Phi) is 17.6. The molecule has 1 fully saturated rings. The Morgan fingerprint density at radius 3 is 2.28 bits per heavy atom. The summed E-state index contributed by atoms with van der Waals surface area (Å²) < 4.78 is 10.9. The molecule has 0 aromatic rings. The van der Waals surface area contributed by atoms with Crippen LogP contribution in [0.5, 0.6) is 0 Å². The number of allylic oxidation sites excluding steroid dienone is 5. The lowest BCUT2D eigenvalue weighted by molar-refractivity contribution is -0.302. The van der Waals surface area contributed by atoms with Crippen molar-refractivity contribution >= 4 is 5.91 Å². The molecule has 1 aliphatic rings. The minimum Gasteiger partial charge on any atom is -0.394 e. The fraction of sp³-hybridized carbons (Fsp3) is 0.741. The third kappa shape index (κ3) is 12.6. The highest BCUT2D eigenvalue weighted by atomic mass is 16.7. The molecular weight excluding hydrogens is 466 g/mol. The molecule has 0 aliphatic carbocycles. The van der Waals surface area contributed by atoms with E-state index in [0.29, 0.717) is 6.42 Å². The van der Waals surface area contributed by atoms with Crippen LogP contribution in [0.15, 0.2) is 36.5 Å². The van der Waals surface area contributed by atoms with Crippen LogP contribution in [0.2, 0.25) is 0 Å². The van der Waals surface area contributed by atoms with Crippen molar-refractivity contribution in [1.82, 2.24) is 5.32 Å². The zero-order valence-electron chi connectivity index (χ0n) is 21.7. The Labute approximate surface area is 215 Å². The van der Waals surface area contributed by atoms with Crippen molar-refractivity contribution in [3.8, 4) is 0 Å². The molecule has 0 spiro atoms. The summed E-state index contributed by atoms with van der Waals surface area (Å²) in [5.41, 5.74) is 0. The van der Waals surface area contributed by atoms with E-state index in [9.17, 15) is 30.3 Å². The van der Waals surface area contributed by atoms with E-state index >= 15 is 0 Å². The molecule has 1 aliphatic heterocycles. The Morgan fingerprint density at radius 1 is 0.972 bits per heavy atom. The molecule has 1 amide bonds. The van der Waals surface area contributed by atoms with Gasteiger partial charge in [0.1, 0.15) is 24.4 Å². The van der Waals surface area contributed by atoms with Crippen LogP contribution < -0.4 is 5.32 Å². The van der Waals surface area contributed by atoms with Crippen LogP contribution in [-0.2, 0) is 14.3 Å². The number of carbonyl (C=O) groups is 1. The van der Waals surface area contributed by atoms with E-state index in [4.69, 9.17) is 9.47 Å². The molecular formula is C27H47NO8. The van der Waals surface area contributed by atoms with Gasteiger partial charge in [0, 0.05) is 6.42 Å². The van der Waals surface area contributed by atoms with Crippen molar-refractivity contribution in [3.63, 3.8) is 0 Å². The number of aliphatic hydroxyl groups excluding tert-OH is 5. The SMILES string of the molecule is C/C=C/CC/C=C/CC/C=C/C(O)C(COC1OC(CO)C(O)C(O)C1O)NC(=O)CCCCCC. The molecule has 0 bridgehead atoms. The van der Waals surface area contributed by atoms with E-state index in [-0.39, 0.29) is 12.5 Å². The predicted molar refractivity (Wildman–Crippen MR) is 138 cm³/mol. The van der Waals surface area contributed by atoms with Crippen LogP contribution >= 0.6 is 0 Å². The summed E-state index contributed by atoms with van der Waals surface area (Å²) in [4.78, 5) is 12.5. The third-order valence-corrected chi connectivity index (χ3v) is 6.04. The van der Waals surface area contributed by atoms with Gasteiger partial charge in [-0.3, -0.25) is 4.79 Å². The van der Waals surface area contributed by atoms with Crippen molar-refractivity contribution in [2.24, 2.45) is 0 Å². The molecule has 7 unspecified atom stereocenters. The van der Waals surface area contributed by atoms with Gasteiger partial charge in [-0.15, -0.1) is 0 Å². The Hall–Kier alpha value is -1.59. The number of amides is 1. The molecule has 0 aromatic heterocycles. The minimum absolute atomic E-state index is 0.209. The molecule has 1 saturated heterocycles. The van der Waals surface area contributed by atoms with Gasteiger partial charge in [-0.2, -0.15) is 0 Å². The number of ether oxygens (including phenoxy) is 2. The number of aliphatic hydroxyl groups is 5. The summed E-state index contributed by atoms with van der Waals surface area (Å²) in [7, 11) is 0. The standard InChI is InChI=1S/C27H47NO8/c1-3-5-7-9-10-11-12-13-14-16-21(30)20(28-23(31)17-15-8-6-4-2)19-35-27-26(34)25(33)24(32)22(18-29)36-27/h3,5,10-11,14,16,20-22,24-27,29-30,32-34H,4,6-9,12-13,15,17-19H2,1-2H3,(H,28,31)/b5-3+,11-10+,16-14+. The van der Waals surface area contributed by atoms with Crippen molar-refractivity contribution < 1.29 is 39.8 Å². The van der Waals surface area contributed by atoms with Crippen molar-refractivity contribution in [2.45, 2.75) is 114 Å². The van der Waals surface area contributed by atoms with Crippen molar-refractivity contribution in [3.05, 3.63) is 36.5 Å². The quantitative estimate of drug-likeness (QED) is 0.120. The minimum atomic E-state index is -1.57. The highest BCUT2D eigenvalue weighted by molar-refractivity contribution is 5.76. The van der Waals surface area contributed by atoms with Crippen molar-refractivity contribution in [2.75, 3.05) is 13.2 Å². The first-order valence-electron chi connectivity index (χ1n) is 13.2. The number of hydrogen-bond donors (Lipinski definition) is 6. The monoisotopic (exact) mass is 513 g/mol. The number of unbranched alkanes of at least 4 members (excludes halogenated alkanes) is 5. The highest BCUT2D eigenvalue weighted by Gasteiger charge is 2.44. The largest absolute Gasteiger partial charge is 0.394 e. The van der Waals surface area contributed by atoms with E-state index in [1.807, 2.05) is 19.1 Å². The van der Waals surface area contributed by atoms with Gasteiger partial charge in [0.15, 0.2) is 6.29 Å². The summed E-state index contributed by atoms with van der Waals surface area (Å²) in [6.07, 6.45) is 11.4. The molecule has 6 N–H and O–H groups in total. The first-order chi connectivity index (χ1) is 17.3. The number of hydrogen-bond acceptors (Lipinski definition) is 8. The topological polar surface area (TPSA) is 149 Å². The maximum absolute atomic E-state index is 12.5. The van der Waals surface area contributed by atoms with Gasteiger partial charge in [0.25, 0.3) is 0 Å². The lowest BCUT2D eigenvalue weighted by Gasteiger charge is -2.40. The second kappa shape index (κ2) is 19.5. The van der Waals surface area contributed by atoms with Crippen LogP contribution in [0.25, 0.3) is 0 Å². The van der Waals surface area contributed by atoms with E-state index < -0.39 is 49.5 Å². The van der Waals surface area contributed by atoms with Crippen LogP contribution in [-0.4, -0.2) is 87.5 Å². The maximum Gasteiger partial charge on any atom is 0.220 e. The van der Waals surface area contributed by atoms with E-state index in [2.05, 4.69) is 30.5 Å². The normalized spacial score (nSPS) is 26.7. The molecule has 208 valence electrons. The lowest BCUT2D eigenvalue weighted by atomic mass is 9.99. The van der Waals surface area contributed by atoms with E-state index in [1.54, 1.807) is 6.08 Å². The summed E-state index contributed by atoms with van der Waals surface area (Å²) >= 11 is 0. The van der Waals surface area contributed by atoms with Crippen LogP contribution in [0, 0.1) is 0 Å². The second-order valence-corrected chi connectivity index (χ2v) is 9.13. The van der Waals surface area contributed by atoms with Crippen molar-refractivity contribution in [1.29, 1.82) is 0 Å². The summed E-state index contributed by atoms with van der Waals surface area (Å²) in [6.45, 7) is 3.31. The van der Waals surface area contributed by atoms with Gasteiger partial charge >= 0.3 is 0 Å². The van der Waals surface area contributed by atoms with Gasteiger partial charge < -0.3 is 40.3 Å². The smallest absolute Gasteiger partial charge is 0.220 e. The molecule has 0 saturated carbocycles. The first kappa shape index (κ1) is 32.4. The molecule has 9 heteroatoms.